The smallest absolute Gasteiger partial charge is 0.133 e. The zero-order valence-electron chi connectivity index (χ0n) is 25.4. The first-order valence-corrected chi connectivity index (χ1v) is 16.8. The quantitative estimate of drug-likeness (QED) is 0.323. The lowest BCUT2D eigenvalue weighted by Crippen LogP contribution is -2.13. The first-order valence-electron chi connectivity index (χ1n) is 16.8. The topological polar surface area (TPSA) is 74.6 Å². The monoisotopic (exact) mass is 536 g/mol. The summed E-state index contributed by atoms with van der Waals surface area (Å²) in [6.07, 6.45) is 28.2. The second-order valence-electron chi connectivity index (χ2n) is 12.9. The average Bonchev–Trinajstić information content (AvgIpc) is 2.87. The van der Waals surface area contributed by atoms with E-state index in [4.69, 9.17) is 0 Å². The molecular formula is C34H64O4. The first-order chi connectivity index (χ1) is 18.4. The second-order valence-corrected chi connectivity index (χ2v) is 12.9. The van der Waals surface area contributed by atoms with E-state index >= 15 is 0 Å². The van der Waals surface area contributed by atoms with Crippen molar-refractivity contribution in [3.05, 3.63) is 0 Å². The standard InChI is InChI=1S/2C17H32O2/c2*1-15-12-13-16(18)10-8-6-4-2-3-5-7-9-11-17(19)14-15/h15,17,19H,2-14H2,1H3;15-16,18H,2-14H2,1H3. The summed E-state index contributed by atoms with van der Waals surface area (Å²) in [5.41, 5.74) is 0. The van der Waals surface area contributed by atoms with Gasteiger partial charge in [0.15, 0.2) is 0 Å². The first kappa shape index (κ1) is 35.3. The molecule has 0 aromatic rings. The molecule has 38 heavy (non-hydrogen) atoms. The number of rotatable bonds is 0. The molecule has 2 rings (SSSR count). The molecule has 4 nitrogen and oxygen atoms in total. The molecule has 224 valence electrons. The number of hydrogen-bond acceptors (Lipinski definition) is 4. The Morgan fingerprint density at radius 1 is 0.447 bits per heavy atom. The van der Waals surface area contributed by atoms with Gasteiger partial charge in [0.2, 0.25) is 0 Å². The van der Waals surface area contributed by atoms with Crippen LogP contribution in [-0.2, 0) is 9.59 Å². The molecule has 0 amide bonds. The highest BCUT2D eigenvalue weighted by atomic mass is 16.3. The summed E-state index contributed by atoms with van der Waals surface area (Å²) >= 11 is 0. The van der Waals surface area contributed by atoms with Gasteiger partial charge in [-0.2, -0.15) is 0 Å². The Balaban J connectivity index is 0.000000380. The average molecular weight is 537 g/mol. The van der Waals surface area contributed by atoms with Crippen molar-refractivity contribution in [2.24, 2.45) is 11.8 Å². The minimum absolute atomic E-state index is 0.148. The summed E-state index contributed by atoms with van der Waals surface area (Å²) in [6.45, 7) is 4.31. The predicted molar refractivity (Wildman–Crippen MR) is 160 cm³/mol. The van der Waals surface area contributed by atoms with Gasteiger partial charge in [0, 0.05) is 25.7 Å². The van der Waals surface area contributed by atoms with Crippen LogP contribution >= 0.6 is 0 Å². The fourth-order valence-electron chi connectivity index (χ4n) is 5.97. The molecule has 2 N–H and O–H groups in total. The van der Waals surface area contributed by atoms with E-state index in [0.717, 1.165) is 77.0 Å². The molecule has 2 aliphatic carbocycles. The minimum Gasteiger partial charge on any atom is -0.393 e. The van der Waals surface area contributed by atoms with Crippen LogP contribution in [0.25, 0.3) is 0 Å². The van der Waals surface area contributed by atoms with Crippen LogP contribution in [0, 0.1) is 11.8 Å². The van der Waals surface area contributed by atoms with Crippen molar-refractivity contribution in [2.75, 3.05) is 0 Å². The van der Waals surface area contributed by atoms with Gasteiger partial charge >= 0.3 is 0 Å². The largest absolute Gasteiger partial charge is 0.393 e. The third-order valence-electron chi connectivity index (χ3n) is 8.65. The van der Waals surface area contributed by atoms with Gasteiger partial charge in [0.1, 0.15) is 11.6 Å². The van der Waals surface area contributed by atoms with E-state index in [1.165, 1.54) is 77.0 Å². The van der Waals surface area contributed by atoms with E-state index in [2.05, 4.69) is 13.8 Å². The molecule has 0 aromatic carbocycles. The number of carbonyl (C=O) groups excluding carboxylic acids is 2. The number of aliphatic hydroxyl groups is 2. The van der Waals surface area contributed by atoms with E-state index in [1.54, 1.807) is 0 Å². The van der Waals surface area contributed by atoms with Crippen molar-refractivity contribution in [3.8, 4) is 0 Å². The van der Waals surface area contributed by atoms with Crippen LogP contribution in [-0.4, -0.2) is 34.0 Å². The van der Waals surface area contributed by atoms with E-state index in [-0.39, 0.29) is 12.2 Å². The minimum atomic E-state index is -0.155. The van der Waals surface area contributed by atoms with Crippen LogP contribution in [0.4, 0.5) is 0 Å². The fraction of sp³-hybridized carbons (Fsp3) is 0.941. The maximum atomic E-state index is 11.8. The van der Waals surface area contributed by atoms with Gasteiger partial charge in [-0.3, -0.25) is 9.59 Å². The SMILES string of the molecule is CC1CCC(=O)CCCCCCCCCCC(O)C1.CC1CCC(O)CCCCCCCCCCC(=O)C1. The van der Waals surface area contributed by atoms with E-state index in [0.29, 0.717) is 36.2 Å². The number of carbonyl (C=O) groups is 2. The Morgan fingerprint density at radius 3 is 1.45 bits per heavy atom. The van der Waals surface area contributed by atoms with Crippen molar-refractivity contribution in [1.29, 1.82) is 0 Å². The summed E-state index contributed by atoms with van der Waals surface area (Å²) in [4.78, 5) is 23.5. The van der Waals surface area contributed by atoms with Crippen molar-refractivity contribution >= 4 is 11.6 Å². The highest BCUT2D eigenvalue weighted by Gasteiger charge is 2.13. The van der Waals surface area contributed by atoms with Crippen LogP contribution in [0.15, 0.2) is 0 Å². The molecule has 2 fully saturated rings. The van der Waals surface area contributed by atoms with E-state index in [1.807, 2.05) is 0 Å². The van der Waals surface area contributed by atoms with Gasteiger partial charge in [0.25, 0.3) is 0 Å². The summed E-state index contributed by atoms with van der Waals surface area (Å²) in [6, 6.07) is 0. The summed E-state index contributed by atoms with van der Waals surface area (Å²) in [7, 11) is 0. The molecule has 4 unspecified atom stereocenters. The predicted octanol–water partition coefficient (Wildman–Crippen LogP) is 9.27. The number of ketones is 2. The van der Waals surface area contributed by atoms with Crippen molar-refractivity contribution in [2.45, 2.75) is 193 Å². The van der Waals surface area contributed by atoms with Crippen LogP contribution in [0.1, 0.15) is 181 Å². The normalized spacial score (nSPS) is 30.1. The number of aliphatic hydroxyl groups excluding tert-OH is 2. The maximum absolute atomic E-state index is 11.8. The van der Waals surface area contributed by atoms with Gasteiger partial charge < -0.3 is 10.2 Å². The lowest BCUT2D eigenvalue weighted by Gasteiger charge is -2.16. The Labute approximate surface area is 236 Å². The number of Topliss-reactive ketones (excluding diaryl/α,β-unsaturated/α-hetero) is 2. The van der Waals surface area contributed by atoms with Crippen LogP contribution in [0.3, 0.4) is 0 Å². The van der Waals surface area contributed by atoms with Crippen molar-refractivity contribution < 1.29 is 19.8 Å². The molecule has 0 aromatic heterocycles. The highest BCUT2D eigenvalue weighted by molar-refractivity contribution is 5.78. The Hall–Kier alpha value is -0.740. The molecule has 2 aliphatic rings. The highest BCUT2D eigenvalue weighted by Crippen LogP contribution is 2.20. The molecular weight excluding hydrogens is 472 g/mol. The molecule has 4 atom stereocenters. The molecule has 0 aliphatic heterocycles. The summed E-state index contributed by atoms with van der Waals surface area (Å²) < 4.78 is 0. The molecule has 0 bridgehead atoms. The van der Waals surface area contributed by atoms with Crippen molar-refractivity contribution in [1.82, 2.24) is 0 Å². The lowest BCUT2D eigenvalue weighted by atomic mass is 9.93. The summed E-state index contributed by atoms with van der Waals surface area (Å²) in [5, 5.41) is 19.9. The van der Waals surface area contributed by atoms with Crippen LogP contribution in [0.2, 0.25) is 0 Å². The van der Waals surface area contributed by atoms with Gasteiger partial charge in [-0.15, -0.1) is 0 Å². The zero-order valence-corrected chi connectivity index (χ0v) is 25.4. The molecule has 0 saturated heterocycles. The van der Waals surface area contributed by atoms with Gasteiger partial charge in [0.05, 0.1) is 12.2 Å². The Morgan fingerprint density at radius 2 is 0.895 bits per heavy atom. The van der Waals surface area contributed by atoms with E-state index < -0.39 is 0 Å². The molecule has 0 heterocycles. The van der Waals surface area contributed by atoms with Gasteiger partial charge in [-0.25, -0.2) is 0 Å². The lowest BCUT2D eigenvalue weighted by molar-refractivity contribution is -0.120. The van der Waals surface area contributed by atoms with Crippen LogP contribution < -0.4 is 0 Å². The molecule has 0 spiro atoms. The maximum Gasteiger partial charge on any atom is 0.133 e. The van der Waals surface area contributed by atoms with Gasteiger partial charge in [-0.05, 0) is 63.2 Å². The molecule has 4 heteroatoms. The Kier molecular flexibility index (Phi) is 22.4. The molecule has 2 saturated carbocycles. The van der Waals surface area contributed by atoms with Gasteiger partial charge in [-0.1, -0.05) is 104 Å². The summed E-state index contributed by atoms with van der Waals surface area (Å²) in [5.74, 6) is 1.77. The van der Waals surface area contributed by atoms with Crippen LogP contribution in [0.5, 0.6) is 0 Å². The third-order valence-corrected chi connectivity index (χ3v) is 8.65. The van der Waals surface area contributed by atoms with Crippen molar-refractivity contribution in [3.63, 3.8) is 0 Å². The second kappa shape index (κ2) is 24.1. The number of hydrogen-bond donors (Lipinski definition) is 2. The Bertz CT molecular complexity index is 575. The third kappa shape index (κ3) is 22.1. The zero-order chi connectivity index (χ0) is 27.8. The fourth-order valence-corrected chi connectivity index (χ4v) is 5.97. The van der Waals surface area contributed by atoms with E-state index in [9.17, 15) is 19.8 Å². The molecule has 0 radical (unpaired) electrons.